The molecule has 29 heavy (non-hydrogen) atoms. The molecule has 2 aromatic rings. The Morgan fingerprint density at radius 1 is 1.07 bits per heavy atom. The summed E-state index contributed by atoms with van der Waals surface area (Å²) in [6.45, 7) is 1.93. The number of carbonyl (C=O) groups excluding carboxylic acids is 2. The Morgan fingerprint density at radius 3 is 2.38 bits per heavy atom. The van der Waals surface area contributed by atoms with E-state index in [1.165, 1.54) is 11.2 Å². The number of benzene rings is 2. The molecule has 154 valence electrons. The van der Waals surface area contributed by atoms with E-state index in [4.69, 9.17) is 0 Å². The molecule has 1 aliphatic heterocycles. The van der Waals surface area contributed by atoms with Crippen LogP contribution >= 0.6 is 15.9 Å². The average molecular weight is 480 g/mol. The minimum Gasteiger partial charge on any atom is -0.326 e. The molecule has 0 radical (unpaired) electrons. The SMILES string of the molecule is CC(=O)Nc1cccc(NC(=O)[C@H]2CCCN(S(=O)(=O)c3ccc(Br)cc3)C2)c1. The van der Waals surface area contributed by atoms with Crippen LogP contribution in [0.4, 0.5) is 11.4 Å². The maximum atomic E-state index is 12.9. The molecule has 0 spiro atoms. The number of halogens is 1. The van der Waals surface area contributed by atoms with Gasteiger partial charge in [-0.3, -0.25) is 9.59 Å². The van der Waals surface area contributed by atoms with E-state index in [0.29, 0.717) is 30.8 Å². The first kappa shape index (κ1) is 21.5. The Bertz CT molecular complexity index is 1010. The zero-order valence-electron chi connectivity index (χ0n) is 15.9. The summed E-state index contributed by atoms with van der Waals surface area (Å²) in [5, 5.41) is 5.49. The highest BCUT2D eigenvalue weighted by Gasteiger charge is 2.33. The Balaban J connectivity index is 1.69. The van der Waals surface area contributed by atoms with E-state index in [2.05, 4.69) is 26.6 Å². The van der Waals surface area contributed by atoms with Crippen LogP contribution in [0.3, 0.4) is 0 Å². The lowest BCUT2D eigenvalue weighted by Crippen LogP contribution is -2.43. The Labute approximate surface area is 178 Å². The molecule has 1 fully saturated rings. The van der Waals surface area contributed by atoms with Crippen LogP contribution in [0.25, 0.3) is 0 Å². The molecule has 3 rings (SSSR count). The lowest BCUT2D eigenvalue weighted by Gasteiger charge is -2.31. The number of rotatable bonds is 5. The minimum absolute atomic E-state index is 0.135. The summed E-state index contributed by atoms with van der Waals surface area (Å²) in [6.07, 6.45) is 1.23. The molecular weight excluding hydrogens is 458 g/mol. The molecule has 0 aliphatic carbocycles. The summed E-state index contributed by atoms with van der Waals surface area (Å²) in [5.74, 6) is -0.881. The van der Waals surface area contributed by atoms with Crippen molar-refractivity contribution in [2.24, 2.45) is 5.92 Å². The first-order valence-corrected chi connectivity index (χ1v) is 11.4. The zero-order chi connectivity index (χ0) is 21.0. The standard InChI is InChI=1S/C20H22BrN3O4S/c1-14(25)22-17-5-2-6-18(12-17)23-20(26)15-4-3-11-24(13-15)29(27,28)19-9-7-16(21)8-10-19/h2,5-10,12,15H,3-4,11,13H2,1H3,(H,22,25)(H,23,26)/t15-/m0/s1. The minimum atomic E-state index is -3.65. The number of hydrogen-bond donors (Lipinski definition) is 2. The molecule has 1 atom stereocenters. The van der Waals surface area contributed by atoms with E-state index in [1.807, 2.05) is 0 Å². The average Bonchev–Trinajstić information content (AvgIpc) is 2.68. The number of sulfonamides is 1. The van der Waals surface area contributed by atoms with Gasteiger partial charge in [0.2, 0.25) is 21.8 Å². The van der Waals surface area contributed by atoms with Crippen molar-refractivity contribution in [3.63, 3.8) is 0 Å². The fourth-order valence-electron chi connectivity index (χ4n) is 3.25. The molecule has 0 aromatic heterocycles. The predicted molar refractivity (Wildman–Crippen MR) is 115 cm³/mol. The van der Waals surface area contributed by atoms with E-state index >= 15 is 0 Å². The van der Waals surface area contributed by atoms with E-state index in [-0.39, 0.29) is 23.3 Å². The lowest BCUT2D eigenvalue weighted by molar-refractivity contribution is -0.121. The van der Waals surface area contributed by atoms with E-state index in [0.717, 1.165) is 4.47 Å². The molecule has 7 nitrogen and oxygen atoms in total. The van der Waals surface area contributed by atoms with Gasteiger partial charge in [-0.2, -0.15) is 4.31 Å². The van der Waals surface area contributed by atoms with Crippen LogP contribution in [-0.4, -0.2) is 37.6 Å². The van der Waals surface area contributed by atoms with Crippen LogP contribution in [0.15, 0.2) is 57.9 Å². The highest BCUT2D eigenvalue weighted by Crippen LogP contribution is 2.26. The zero-order valence-corrected chi connectivity index (χ0v) is 18.3. The van der Waals surface area contributed by atoms with E-state index in [1.54, 1.807) is 48.5 Å². The summed E-state index contributed by atoms with van der Waals surface area (Å²) in [4.78, 5) is 24.1. The van der Waals surface area contributed by atoms with Gasteiger partial charge in [0, 0.05) is 35.9 Å². The van der Waals surface area contributed by atoms with Gasteiger partial charge < -0.3 is 10.6 Å². The number of nitrogens with one attached hydrogen (secondary N) is 2. The van der Waals surface area contributed by atoms with Gasteiger partial charge in [-0.25, -0.2) is 8.42 Å². The van der Waals surface area contributed by atoms with Gasteiger partial charge in [0.05, 0.1) is 10.8 Å². The molecule has 2 aromatic carbocycles. The highest BCUT2D eigenvalue weighted by molar-refractivity contribution is 9.10. The van der Waals surface area contributed by atoms with Crippen LogP contribution < -0.4 is 10.6 Å². The molecule has 1 aliphatic rings. The van der Waals surface area contributed by atoms with Crippen molar-refractivity contribution < 1.29 is 18.0 Å². The third-order valence-electron chi connectivity index (χ3n) is 4.66. The summed E-state index contributed by atoms with van der Waals surface area (Å²) in [7, 11) is -3.65. The van der Waals surface area contributed by atoms with Gasteiger partial charge in [-0.15, -0.1) is 0 Å². The van der Waals surface area contributed by atoms with Gasteiger partial charge >= 0.3 is 0 Å². The Hall–Kier alpha value is -2.23. The molecular formula is C20H22BrN3O4S. The van der Waals surface area contributed by atoms with Crippen LogP contribution in [0.5, 0.6) is 0 Å². The fraction of sp³-hybridized carbons (Fsp3) is 0.300. The lowest BCUT2D eigenvalue weighted by atomic mass is 9.98. The molecule has 0 bridgehead atoms. The molecule has 0 saturated carbocycles. The van der Waals surface area contributed by atoms with Crippen molar-refractivity contribution in [3.05, 3.63) is 53.0 Å². The number of carbonyl (C=O) groups is 2. The Kier molecular flexibility index (Phi) is 6.71. The van der Waals surface area contributed by atoms with Crippen molar-refractivity contribution in [2.45, 2.75) is 24.7 Å². The van der Waals surface area contributed by atoms with Crippen LogP contribution in [0, 0.1) is 5.92 Å². The van der Waals surface area contributed by atoms with E-state index in [9.17, 15) is 18.0 Å². The van der Waals surface area contributed by atoms with Gasteiger partial charge in [-0.05, 0) is 55.3 Å². The first-order valence-electron chi connectivity index (χ1n) is 9.20. The van der Waals surface area contributed by atoms with Gasteiger partial charge in [0.15, 0.2) is 0 Å². The number of hydrogen-bond acceptors (Lipinski definition) is 4. The van der Waals surface area contributed by atoms with Gasteiger partial charge in [0.1, 0.15) is 0 Å². The van der Waals surface area contributed by atoms with Crippen molar-refractivity contribution >= 4 is 49.1 Å². The first-order chi connectivity index (χ1) is 13.8. The third-order valence-corrected chi connectivity index (χ3v) is 7.06. The van der Waals surface area contributed by atoms with Crippen LogP contribution in [0.1, 0.15) is 19.8 Å². The van der Waals surface area contributed by atoms with Crippen molar-refractivity contribution in [1.29, 1.82) is 0 Å². The summed E-state index contributed by atoms with van der Waals surface area (Å²) >= 11 is 3.30. The summed E-state index contributed by atoms with van der Waals surface area (Å²) in [6, 6.07) is 13.3. The Morgan fingerprint density at radius 2 is 1.72 bits per heavy atom. The molecule has 1 heterocycles. The topological polar surface area (TPSA) is 95.6 Å². The van der Waals surface area contributed by atoms with Crippen molar-refractivity contribution in [1.82, 2.24) is 4.31 Å². The normalized spacial score (nSPS) is 17.5. The quantitative estimate of drug-likeness (QED) is 0.686. The fourth-order valence-corrected chi connectivity index (χ4v) is 5.04. The van der Waals surface area contributed by atoms with Gasteiger partial charge in [0.25, 0.3) is 0 Å². The second-order valence-corrected chi connectivity index (χ2v) is 9.76. The molecule has 2 N–H and O–H groups in total. The molecule has 2 amide bonds. The number of piperidine rings is 1. The van der Waals surface area contributed by atoms with Gasteiger partial charge in [-0.1, -0.05) is 22.0 Å². The smallest absolute Gasteiger partial charge is 0.243 e. The number of anilines is 2. The summed E-state index contributed by atoms with van der Waals surface area (Å²) in [5.41, 5.74) is 1.13. The third kappa shape index (κ3) is 5.43. The second-order valence-electron chi connectivity index (χ2n) is 6.91. The van der Waals surface area contributed by atoms with Crippen LogP contribution in [0.2, 0.25) is 0 Å². The number of amides is 2. The summed E-state index contributed by atoms with van der Waals surface area (Å²) < 4.78 is 28.0. The molecule has 0 unspecified atom stereocenters. The van der Waals surface area contributed by atoms with Crippen molar-refractivity contribution in [2.75, 3.05) is 23.7 Å². The van der Waals surface area contributed by atoms with Crippen LogP contribution in [-0.2, 0) is 19.6 Å². The largest absolute Gasteiger partial charge is 0.326 e. The number of nitrogens with zero attached hydrogens (tertiary/aromatic N) is 1. The highest BCUT2D eigenvalue weighted by atomic mass is 79.9. The predicted octanol–water partition coefficient (Wildman–Crippen LogP) is 3.45. The molecule has 9 heteroatoms. The van der Waals surface area contributed by atoms with E-state index < -0.39 is 15.9 Å². The maximum absolute atomic E-state index is 12.9. The monoisotopic (exact) mass is 479 g/mol. The van der Waals surface area contributed by atoms with Crippen molar-refractivity contribution in [3.8, 4) is 0 Å². The molecule has 1 saturated heterocycles. The maximum Gasteiger partial charge on any atom is 0.243 e. The second kappa shape index (κ2) is 9.06.